The van der Waals surface area contributed by atoms with Crippen molar-refractivity contribution in [2.24, 2.45) is 10.2 Å². The number of anilines is 1. The fourth-order valence-electron chi connectivity index (χ4n) is 2.48. The predicted molar refractivity (Wildman–Crippen MR) is 115 cm³/mol. The molecule has 7 nitrogen and oxygen atoms in total. The second-order valence-electron chi connectivity index (χ2n) is 7.33. The second kappa shape index (κ2) is 10.7. The summed E-state index contributed by atoms with van der Waals surface area (Å²) in [6, 6.07) is 10.1. The molecule has 2 aromatic carbocycles. The van der Waals surface area contributed by atoms with Crippen LogP contribution in [0.2, 0.25) is 10.0 Å². The van der Waals surface area contributed by atoms with Crippen LogP contribution in [0.1, 0.15) is 6.92 Å². The molecular formula is C19H24Cl3N5O2. The molecule has 0 N–H and O–H groups in total. The summed E-state index contributed by atoms with van der Waals surface area (Å²) in [5.74, 6) is 0. The first-order valence-corrected chi connectivity index (χ1v) is 9.57. The van der Waals surface area contributed by atoms with Gasteiger partial charge in [0, 0.05) is 24.4 Å². The van der Waals surface area contributed by atoms with Crippen LogP contribution in [0.25, 0.3) is 0 Å². The molecule has 0 aliphatic heterocycles. The third-order valence-corrected chi connectivity index (χ3v) is 4.69. The Bertz CT molecular complexity index is 844. The maximum Gasteiger partial charge on any atom is 0.272 e. The average molecular weight is 461 g/mol. The summed E-state index contributed by atoms with van der Waals surface area (Å²) < 4.78 is 0.902. The highest BCUT2D eigenvalue weighted by Gasteiger charge is 2.15. The number of rotatable bonds is 8. The van der Waals surface area contributed by atoms with Gasteiger partial charge in [-0.3, -0.25) is 10.1 Å². The zero-order valence-electron chi connectivity index (χ0n) is 16.8. The number of hydrogen-bond donors (Lipinski definition) is 0. The molecule has 0 aliphatic rings. The van der Waals surface area contributed by atoms with E-state index in [-0.39, 0.29) is 33.8 Å². The predicted octanol–water partition coefficient (Wildman–Crippen LogP) is 2.85. The van der Waals surface area contributed by atoms with Crippen molar-refractivity contribution in [2.75, 3.05) is 45.7 Å². The zero-order valence-corrected chi connectivity index (χ0v) is 19.0. The Morgan fingerprint density at radius 3 is 2.07 bits per heavy atom. The topological polar surface area (TPSA) is 71.1 Å². The van der Waals surface area contributed by atoms with Gasteiger partial charge in [-0.05, 0) is 31.2 Å². The fourth-order valence-corrected chi connectivity index (χ4v) is 3.03. The summed E-state index contributed by atoms with van der Waals surface area (Å²) >= 11 is 12.1. The first kappa shape index (κ1) is 25.1. The maximum absolute atomic E-state index is 10.8. The van der Waals surface area contributed by atoms with Gasteiger partial charge in [0.25, 0.3) is 5.69 Å². The van der Waals surface area contributed by atoms with E-state index >= 15 is 0 Å². The Kier molecular flexibility index (Phi) is 9.29. The minimum atomic E-state index is -0.560. The molecule has 0 amide bonds. The van der Waals surface area contributed by atoms with Crippen LogP contribution in [0, 0.1) is 10.1 Å². The molecule has 2 aromatic rings. The van der Waals surface area contributed by atoms with Crippen molar-refractivity contribution in [1.29, 1.82) is 0 Å². The Hall–Kier alpha value is -1.93. The molecule has 158 valence electrons. The number of nitro groups is 1. The molecule has 0 bridgehead atoms. The van der Waals surface area contributed by atoms with Crippen molar-refractivity contribution in [3.63, 3.8) is 0 Å². The molecule has 0 radical (unpaired) electrons. The van der Waals surface area contributed by atoms with Crippen LogP contribution in [-0.2, 0) is 0 Å². The average Bonchev–Trinajstić information content (AvgIpc) is 2.61. The van der Waals surface area contributed by atoms with Crippen molar-refractivity contribution in [1.82, 2.24) is 0 Å². The van der Waals surface area contributed by atoms with Crippen molar-refractivity contribution in [3.05, 3.63) is 56.6 Å². The smallest absolute Gasteiger partial charge is 0.272 e. The van der Waals surface area contributed by atoms with Gasteiger partial charge in [0.15, 0.2) is 0 Å². The van der Waals surface area contributed by atoms with Crippen LogP contribution in [-0.4, -0.2) is 50.2 Å². The summed E-state index contributed by atoms with van der Waals surface area (Å²) in [6.45, 7) is 5.03. The van der Waals surface area contributed by atoms with Gasteiger partial charge in [0.2, 0.25) is 0 Å². The number of hydrogen-bond acceptors (Lipinski definition) is 5. The lowest BCUT2D eigenvalue weighted by molar-refractivity contribution is -0.868. The molecule has 0 unspecified atom stereocenters. The molecule has 0 atom stereocenters. The van der Waals surface area contributed by atoms with Gasteiger partial charge in [-0.15, -0.1) is 5.11 Å². The first-order valence-electron chi connectivity index (χ1n) is 8.81. The molecule has 0 fully saturated rings. The molecule has 29 heavy (non-hydrogen) atoms. The van der Waals surface area contributed by atoms with E-state index < -0.39 is 4.92 Å². The van der Waals surface area contributed by atoms with Crippen molar-refractivity contribution in [2.45, 2.75) is 6.92 Å². The lowest BCUT2D eigenvalue weighted by Crippen LogP contribution is -3.00. The summed E-state index contributed by atoms with van der Waals surface area (Å²) in [5.41, 5.74) is 1.76. The van der Waals surface area contributed by atoms with Crippen LogP contribution in [0.15, 0.2) is 46.6 Å². The lowest BCUT2D eigenvalue weighted by atomic mass is 10.2. The Balaban J connectivity index is 0.00000420. The normalized spacial score (nSPS) is 11.4. The number of likely N-dealkylation sites (N-methyl/N-ethyl adjacent to an activating group) is 2. The molecule has 0 aromatic heterocycles. The lowest BCUT2D eigenvalue weighted by Gasteiger charge is -2.29. The highest BCUT2D eigenvalue weighted by atomic mass is 35.5. The summed E-state index contributed by atoms with van der Waals surface area (Å²) in [5, 5.41) is 19.2. The number of nitrogens with zero attached hydrogens (tertiary/aromatic N) is 5. The van der Waals surface area contributed by atoms with E-state index in [2.05, 4.69) is 43.2 Å². The number of halogens is 3. The van der Waals surface area contributed by atoms with Gasteiger partial charge in [-0.25, -0.2) is 0 Å². The Morgan fingerprint density at radius 2 is 1.62 bits per heavy atom. The molecule has 0 saturated carbocycles. The van der Waals surface area contributed by atoms with Crippen LogP contribution >= 0.6 is 23.2 Å². The number of nitro benzene ring substituents is 1. The van der Waals surface area contributed by atoms with Crippen molar-refractivity contribution >= 4 is 46.0 Å². The summed E-state index contributed by atoms with van der Waals surface area (Å²) in [4.78, 5) is 12.6. The van der Waals surface area contributed by atoms with E-state index in [4.69, 9.17) is 23.2 Å². The first-order chi connectivity index (χ1) is 13.1. The Morgan fingerprint density at radius 1 is 1.07 bits per heavy atom. The highest BCUT2D eigenvalue weighted by Crippen LogP contribution is 2.37. The van der Waals surface area contributed by atoms with Gasteiger partial charge >= 0.3 is 0 Å². The van der Waals surface area contributed by atoms with E-state index in [1.807, 2.05) is 24.3 Å². The molecule has 0 saturated heterocycles. The third-order valence-electron chi connectivity index (χ3n) is 4.12. The molecule has 0 aliphatic carbocycles. The van der Waals surface area contributed by atoms with E-state index in [1.54, 1.807) is 0 Å². The van der Waals surface area contributed by atoms with Crippen molar-refractivity contribution in [3.8, 4) is 0 Å². The summed E-state index contributed by atoms with van der Waals surface area (Å²) in [6.07, 6.45) is 0. The maximum atomic E-state index is 10.8. The molecule has 0 spiro atoms. The van der Waals surface area contributed by atoms with Crippen LogP contribution in [0.3, 0.4) is 0 Å². The number of non-ortho nitro benzene ring substituents is 1. The molecule has 0 heterocycles. The highest BCUT2D eigenvalue weighted by molar-refractivity contribution is 6.39. The van der Waals surface area contributed by atoms with Gasteiger partial charge in [-0.2, -0.15) is 5.11 Å². The second-order valence-corrected chi connectivity index (χ2v) is 8.14. The zero-order chi connectivity index (χ0) is 20.9. The third kappa shape index (κ3) is 7.44. The van der Waals surface area contributed by atoms with Crippen molar-refractivity contribution < 1.29 is 21.8 Å². The summed E-state index contributed by atoms with van der Waals surface area (Å²) in [7, 11) is 6.52. The monoisotopic (exact) mass is 459 g/mol. The van der Waals surface area contributed by atoms with Gasteiger partial charge in [0.05, 0.1) is 54.9 Å². The molecule has 10 heteroatoms. The van der Waals surface area contributed by atoms with Crippen LogP contribution in [0.5, 0.6) is 0 Å². The van der Waals surface area contributed by atoms with E-state index in [0.29, 0.717) is 5.69 Å². The van der Waals surface area contributed by atoms with Crippen LogP contribution < -0.4 is 17.3 Å². The SMILES string of the molecule is CCN(CC[N+](C)(C)C)c1ccc(N=Nc2c(Cl)cc([N+](=O)[O-])cc2Cl)cc1.[Cl-]. The molecule has 2 rings (SSSR count). The molecular weight excluding hydrogens is 437 g/mol. The van der Waals surface area contributed by atoms with Gasteiger partial charge in [0.1, 0.15) is 5.69 Å². The Labute approximate surface area is 187 Å². The minimum Gasteiger partial charge on any atom is -1.00 e. The van der Waals surface area contributed by atoms with Gasteiger partial charge < -0.3 is 21.8 Å². The van der Waals surface area contributed by atoms with Gasteiger partial charge in [-0.1, -0.05) is 23.2 Å². The number of benzene rings is 2. The van der Waals surface area contributed by atoms with E-state index in [1.165, 1.54) is 12.1 Å². The van der Waals surface area contributed by atoms with E-state index in [9.17, 15) is 10.1 Å². The minimum absolute atomic E-state index is 0. The standard InChI is InChI=1S/C19H24Cl2N5O2.ClH/c1-5-24(10-11-26(2,3)4)15-8-6-14(7-9-15)22-23-19-17(20)12-16(25(27)28)13-18(19)21;/h6-9,12-13H,5,10-11H2,1-4H3;1H/q+1;/p-1. The van der Waals surface area contributed by atoms with Crippen LogP contribution in [0.4, 0.5) is 22.7 Å². The van der Waals surface area contributed by atoms with E-state index in [0.717, 1.165) is 29.8 Å². The number of azo groups is 1. The number of quaternary nitrogens is 1. The quantitative estimate of drug-likeness (QED) is 0.263. The largest absolute Gasteiger partial charge is 1.00 e. The fraction of sp³-hybridized carbons (Fsp3) is 0.368.